The number of hydrogen-bond acceptors (Lipinski definition) is 5. The molecular weight excluding hydrogens is 1170 g/mol. The maximum atomic E-state index is 11.4. The molecule has 5 N–H and O–H groups in total. The number of carboxylic acid groups (broad SMARTS) is 2. The van der Waals surface area contributed by atoms with Crippen LogP contribution in [0.5, 0.6) is 0 Å². The Morgan fingerprint density at radius 2 is 0.667 bits per heavy atom. The van der Waals surface area contributed by atoms with Crippen molar-refractivity contribution in [2.45, 2.75) is 212 Å². The molecular formula is C74H105N2O6S5+5. The molecule has 6 aromatic carbocycles. The van der Waals surface area contributed by atoms with E-state index in [1.54, 1.807) is 20.8 Å². The highest BCUT2D eigenvalue weighted by Crippen LogP contribution is 2.37. The molecule has 0 heterocycles. The summed E-state index contributed by atoms with van der Waals surface area (Å²) < 4.78 is 5.01. The molecule has 3 aliphatic rings. The number of ether oxygens (including phenoxy) is 1. The van der Waals surface area contributed by atoms with Crippen molar-refractivity contribution in [2.75, 3.05) is 36.5 Å². The number of rotatable bonds is 18. The van der Waals surface area contributed by atoms with E-state index in [2.05, 4.69) is 200 Å². The van der Waals surface area contributed by atoms with Crippen LogP contribution >= 0.6 is 0 Å². The highest BCUT2D eigenvalue weighted by atomic mass is 32.2. The molecule has 2 unspecified atom stereocenters. The van der Waals surface area contributed by atoms with Gasteiger partial charge in [0.1, 0.15) is 44.9 Å². The van der Waals surface area contributed by atoms with Crippen LogP contribution in [0.3, 0.4) is 0 Å². The van der Waals surface area contributed by atoms with Gasteiger partial charge in [-0.1, -0.05) is 148 Å². The summed E-state index contributed by atoms with van der Waals surface area (Å²) >= 11 is 0. The summed E-state index contributed by atoms with van der Waals surface area (Å²) in [5.41, 5.74) is 4.65. The second kappa shape index (κ2) is 41.5. The van der Waals surface area contributed by atoms with E-state index >= 15 is 0 Å². The van der Waals surface area contributed by atoms with Gasteiger partial charge >= 0.3 is 18.0 Å². The predicted molar refractivity (Wildman–Crippen MR) is 379 cm³/mol. The van der Waals surface area contributed by atoms with Crippen molar-refractivity contribution in [1.29, 1.82) is 0 Å². The van der Waals surface area contributed by atoms with Crippen LogP contribution in [-0.2, 0) is 68.8 Å². The molecule has 1 amide bonds. The summed E-state index contributed by atoms with van der Waals surface area (Å²) in [6, 6.07) is 65.3. The molecule has 3 fully saturated rings. The zero-order valence-corrected chi connectivity index (χ0v) is 57.5. The molecule has 0 saturated heterocycles. The number of aliphatic carboxylic acids is 2. The number of amides is 1. The van der Waals surface area contributed by atoms with Gasteiger partial charge < -0.3 is 26.0 Å². The van der Waals surface area contributed by atoms with E-state index in [1.807, 2.05) is 12.5 Å². The van der Waals surface area contributed by atoms with Crippen LogP contribution in [0.25, 0.3) is 0 Å². The van der Waals surface area contributed by atoms with E-state index in [4.69, 9.17) is 20.7 Å². The van der Waals surface area contributed by atoms with E-state index in [9.17, 15) is 14.4 Å². The van der Waals surface area contributed by atoms with Gasteiger partial charge in [0, 0.05) is 12.8 Å². The molecule has 6 aromatic rings. The Labute approximate surface area is 539 Å². The Hall–Kier alpha value is -4.76. The summed E-state index contributed by atoms with van der Waals surface area (Å²) in [5, 5.41) is 22.2. The second-order valence-corrected chi connectivity index (χ2v) is 35.8. The minimum absolute atomic E-state index is 0.158. The van der Waals surface area contributed by atoms with Gasteiger partial charge in [-0.15, -0.1) is 0 Å². The molecule has 3 saturated carbocycles. The predicted octanol–water partition coefficient (Wildman–Crippen LogP) is 17.2. The number of carbonyl (C=O) groups excluding carboxylic acids is 1. The Morgan fingerprint density at radius 1 is 0.425 bits per heavy atom. The molecule has 13 heteroatoms. The first kappa shape index (κ1) is 73.0. The van der Waals surface area contributed by atoms with Crippen LogP contribution in [0.1, 0.15) is 149 Å². The third kappa shape index (κ3) is 28.7. The number of carboxylic acids is 2. The van der Waals surface area contributed by atoms with Crippen molar-refractivity contribution >= 4 is 72.5 Å². The first-order valence-corrected chi connectivity index (χ1v) is 40.1. The summed E-state index contributed by atoms with van der Waals surface area (Å²) in [6.07, 6.45) is 34.0. The molecule has 0 aromatic heterocycles. The number of benzene rings is 6. The summed E-state index contributed by atoms with van der Waals surface area (Å²) in [5.74, 6) is -0.244. The molecule has 8 nitrogen and oxygen atoms in total. The molecule has 2 atom stereocenters. The lowest BCUT2D eigenvalue weighted by Gasteiger charge is -2.22. The van der Waals surface area contributed by atoms with Gasteiger partial charge in [0.15, 0.2) is 29.4 Å². The van der Waals surface area contributed by atoms with Crippen LogP contribution in [-0.4, -0.2) is 98.2 Å². The molecule has 3 aliphatic carbocycles. The van der Waals surface area contributed by atoms with Crippen molar-refractivity contribution in [1.82, 2.24) is 5.32 Å². The summed E-state index contributed by atoms with van der Waals surface area (Å²) in [7, 11) is 1.22. The highest BCUT2D eigenvalue weighted by molar-refractivity contribution is 7.98. The molecule has 0 radical (unpaired) electrons. The Balaban J connectivity index is 0.000000202. The second-order valence-electron chi connectivity index (χ2n) is 24.2. The monoisotopic (exact) mass is 1280 g/mol. The maximum Gasteiger partial charge on any atom is 0.408 e. The van der Waals surface area contributed by atoms with Gasteiger partial charge in [0.2, 0.25) is 0 Å². The Bertz CT molecular complexity index is 2620. The standard InChI is InChI=1S/C20H25S.C19H23S.C18H21S.C11H21NO4S.C6H13NO2S/c1-2-6-12-18(13-7-3-1)21(19-14-8-4-9-15-19)20-16-10-5-11-17-20;1-2-6-12-17(11-5-1)20(18-13-7-3-8-14-18)19-15-9-4-10-16-19;1-4-10-16(11-5-1)19(17-12-6-2-7-13-17)18-14-8-3-9-15-18;1-11(2,3)16-10(15)12-8(9(13)14)6-7-17(4)5;1-10(2)4-3-5(7)6(8)9/h4-5,8-11,14-18H,1-3,6-7,12-13H2;3-4,7-10,13-17H,1-2,5-6,11-12H2;1-2,4-7,10-13,18H,3,8-9,14-15H2;8H,6-7H2,1-5H3,(H-,12,13,14,15);5H,3-4,7H2,1-2H3/q3*+1;;/p+2. The quantitative estimate of drug-likeness (QED) is 0.0496. The molecule has 0 bridgehead atoms. The number of nitrogens with two attached hydrogens (primary N) is 1. The van der Waals surface area contributed by atoms with E-state index < -0.39 is 35.7 Å². The molecule has 0 spiro atoms. The van der Waals surface area contributed by atoms with Gasteiger partial charge in [0.05, 0.1) is 57.7 Å². The van der Waals surface area contributed by atoms with Crippen molar-refractivity contribution in [3.8, 4) is 0 Å². The molecule has 472 valence electrons. The van der Waals surface area contributed by atoms with Crippen LogP contribution < -0.4 is 11.1 Å². The first-order chi connectivity index (χ1) is 42.0. The lowest BCUT2D eigenvalue weighted by molar-refractivity contribution is -0.140. The highest BCUT2D eigenvalue weighted by Gasteiger charge is 2.38. The zero-order valence-electron chi connectivity index (χ0n) is 53.4. The average molecular weight is 1280 g/mol. The normalized spacial score (nSPS) is 15.9. The number of nitrogens with one attached hydrogen (secondary N) is 1. The summed E-state index contributed by atoms with van der Waals surface area (Å²) in [6.45, 7) is 5.20. The Kier molecular flexibility index (Phi) is 34.8. The lowest BCUT2D eigenvalue weighted by atomic mass is 10.0. The minimum atomic E-state index is -1.03. The van der Waals surface area contributed by atoms with Gasteiger partial charge in [0.25, 0.3) is 0 Å². The molecule has 87 heavy (non-hydrogen) atoms. The third-order valence-electron chi connectivity index (χ3n) is 15.3. The van der Waals surface area contributed by atoms with Crippen LogP contribution in [0.4, 0.5) is 4.79 Å². The van der Waals surface area contributed by atoms with Crippen LogP contribution in [0.15, 0.2) is 211 Å². The average Bonchev–Trinajstić information content (AvgIpc) is 4.02. The van der Waals surface area contributed by atoms with Gasteiger partial charge in [-0.2, -0.15) is 0 Å². The molecule has 9 rings (SSSR count). The number of hydrogen-bond donors (Lipinski definition) is 4. The van der Waals surface area contributed by atoms with Crippen molar-refractivity contribution in [3.63, 3.8) is 0 Å². The number of carbonyl (C=O) groups is 3. The van der Waals surface area contributed by atoms with Crippen molar-refractivity contribution < 1.29 is 29.3 Å². The summed E-state index contributed by atoms with van der Waals surface area (Å²) in [4.78, 5) is 41.7. The van der Waals surface area contributed by atoms with E-state index in [0.717, 1.165) is 27.3 Å². The minimum Gasteiger partial charge on any atom is -0.480 e. The smallest absolute Gasteiger partial charge is 0.408 e. The van der Waals surface area contributed by atoms with Crippen molar-refractivity contribution in [2.24, 2.45) is 5.73 Å². The van der Waals surface area contributed by atoms with Gasteiger partial charge in [-0.3, -0.25) is 4.79 Å². The fourth-order valence-electron chi connectivity index (χ4n) is 10.9. The number of alkyl carbamates (subject to hydrolysis) is 1. The maximum absolute atomic E-state index is 11.4. The van der Waals surface area contributed by atoms with Crippen LogP contribution in [0.2, 0.25) is 0 Å². The Morgan fingerprint density at radius 3 is 0.897 bits per heavy atom. The van der Waals surface area contributed by atoms with E-state index in [0.29, 0.717) is 23.7 Å². The first-order valence-electron chi connectivity index (χ1n) is 31.8. The van der Waals surface area contributed by atoms with Gasteiger partial charge in [-0.25, -0.2) is 9.59 Å². The zero-order chi connectivity index (χ0) is 62.7. The fourth-order valence-corrected chi connectivity index (χ4v) is 20.6. The largest absolute Gasteiger partial charge is 0.480 e. The van der Waals surface area contributed by atoms with Crippen LogP contribution in [0, 0.1) is 0 Å². The lowest BCUT2D eigenvalue weighted by Crippen LogP contribution is -2.44. The van der Waals surface area contributed by atoms with Crippen molar-refractivity contribution in [3.05, 3.63) is 182 Å². The third-order valence-corrected chi connectivity index (χ3v) is 25.5. The van der Waals surface area contributed by atoms with E-state index in [1.165, 1.54) is 145 Å². The molecule has 0 aliphatic heterocycles. The van der Waals surface area contributed by atoms with E-state index in [-0.39, 0.29) is 43.6 Å². The SMILES string of the molecule is C[S+](C)CCC(N)C(=O)O.C[S+](C)CCC(NC(=O)OC(C)(C)C)C(=O)O.c1ccc([S+](c2ccccc2)C2CCCCC2)cc1.c1ccc([S+](c2ccccc2)C2CCCCCC2)cc1.c1ccc([S+](c2ccccc2)C2CCCCCCC2)cc1. The fraction of sp³-hybridized carbons (Fsp3) is 0.473. The van der Waals surface area contributed by atoms with Gasteiger partial charge in [-0.05, 0) is 192 Å². The topological polar surface area (TPSA) is 139 Å².